The number of carbonyl (C=O) groups excluding carboxylic acids is 2. The van der Waals surface area contributed by atoms with Gasteiger partial charge in [0, 0.05) is 31.7 Å². The van der Waals surface area contributed by atoms with Crippen molar-refractivity contribution in [3.05, 3.63) is 65.2 Å². The summed E-state index contributed by atoms with van der Waals surface area (Å²) in [6, 6.07) is 16.2. The monoisotopic (exact) mass is 379 g/mol. The maximum absolute atomic E-state index is 12.6. The Hall–Kier alpha value is -2.66. The van der Waals surface area contributed by atoms with Gasteiger partial charge in [0.25, 0.3) is 0 Å². The number of aryl methyl sites for hydroxylation is 1. The van der Waals surface area contributed by atoms with Crippen molar-refractivity contribution in [3.8, 4) is 0 Å². The fourth-order valence-corrected chi connectivity index (χ4v) is 3.65. The highest BCUT2D eigenvalue weighted by Crippen LogP contribution is 2.28. The zero-order valence-electron chi connectivity index (χ0n) is 16.9. The molecular weight excluding hydrogens is 350 g/mol. The number of rotatable bonds is 7. The van der Waals surface area contributed by atoms with Crippen LogP contribution in [0.5, 0.6) is 0 Å². The molecule has 0 aromatic heterocycles. The number of nitrogens with one attached hydrogen (secondary N) is 1. The van der Waals surface area contributed by atoms with Gasteiger partial charge in [-0.2, -0.15) is 0 Å². The van der Waals surface area contributed by atoms with Crippen LogP contribution in [0.15, 0.2) is 48.5 Å². The lowest BCUT2D eigenvalue weighted by molar-refractivity contribution is -0.126. The molecule has 2 aromatic carbocycles. The Morgan fingerprint density at radius 2 is 1.79 bits per heavy atom. The molecule has 148 valence electrons. The highest BCUT2D eigenvalue weighted by Gasteiger charge is 2.35. The molecule has 2 aromatic rings. The van der Waals surface area contributed by atoms with Crippen LogP contribution in [0.4, 0.5) is 5.69 Å². The van der Waals surface area contributed by atoms with Gasteiger partial charge in [-0.25, -0.2) is 0 Å². The Bertz CT molecular complexity index is 830. The molecule has 0 spiro atoms. The minimum Gasteiger partial charge on any atom is -0.352 e. The second kappa shape index (κ2) is 9.02. The van der Waals surface area contributed by atoms with Crippen molar-refractivity contribution in [1.82, 2.24) is 10.2 Å². The second-order valence-electron chi connectivity index (χ2n) is 7.66. The van der Waals surface area contributed by atoms with E-state index in [1.165, 1.54) is 5.56 Å². The van der Waals surface area contributed by atoms with Crippen LogP contribution in [0, 0.1) is 5.92 Å². The van der Waals surface area contributed by atoms with Crippen LogP contribution in [-0.4, -0.2) is 37.4 Å². The summed E-state index contributed by atoms with van der Waals surface area (Å²) in [5.74, 6) is -0.332. The summed E-state index contributed by atoms with van der Waals surface area (Å²) in [7, 11) is 4.08. The van der Waals surface area contributed by atoms with Gasteiger partial charge in [0.05, 0.1) is 5.92 Å². The van der Waals surface area contributed by atoms with Crippen LogP contribution >= 0.6 is 0 Å². The minimum atomic E-state index is -0.301. The standard InChI is InChI=1S/C23H29N3O2/c1-4-19-7-5-6-8-21(19)26-16-20(13-22(26)27)23(28)24-14-17-9-11-18(12-10-17)15-25(2)3/h5-12,20H,4,13-16H2,1-3H3,(H,24,28). The molecule has 1 unspecified atom stereocenters. The third-order valence-corrected chi connectivity index (χ3v) is 5.15. The molecular formula is C23H29N3O2. The van der Waals surface area contributed by atoms with Crippen LogP contribution in [0.25, 0.3) is 0 Å². The maximum Gasteiger partial charge on any atom is 0.227 e. The van der Waals surface area contributed by atoms with Crippen LogP contribution in [-0.2, 0) is 29.1 Å². The van der Waals surface area contributed by atoms with Gasteiger partial charge in [-0.3, -0.25) is 9.59 Å². The fraction of sp³-hybridized carbons (Fsp3) is 0.391. The van der Waals surface area contributed by atoms with Crippen LogP contribution < -0.4 is 10.2 Å². The predicted molar refractivity (Wildman–Crippen MR) is 112 cm³/mol. The lowest BCUT2D eigenvalue weighted by atomic mass is 10.1. The molecule has 1 fully saturated rings. The minimum absolute atomic E-state index is 0.0223. The molecule has 1 aliphatic rings. The Kier molecular flexibility index (Phi) is 6.47. The van der Waals surface area contributed by atoms with E-state index in [0.717, 1.165) is 29.8 Å². The topological polar surface area (TPSA) is 52.7 Å². The van der Waals surface area contributed by atoms with Gasteiger partial charge in [-0.1, -0.05) is 49.4 Å². The molecule has 0 bridgehead atoms. The van der Waals surface area contributed by atoms with Crippen molar-refractivity contribution in [2.45, 2.75) is 32.9 Å². The van der Waals surface area contributed by atoms with Gasteiger partial charge in [-0.05, 0) is 43.3 Å². The number of hydrogen-bond acceptors (Lipinski definition) is 3. The first-order valence-electron chi connectivity index (χ1n) is 9.86. The van der Waals surface area contributed by atoms with E-state index in [1.54, 1.807) is 4.90 Å². The smallest absolute Gasteiger partial charge is 0.227 e. The van der Waals surface area contributed by atoms with Crippen molar-refractivity contribution in [2.24, 2.45) is 5.92 Å². The molecule has 0 aliphatic carbocycles. The number of benzene rings is 2. The normalized spacial score (nSPS) is 16.6. The Morgan fingerprint density at radius 1 is 1.11 bits per heavy atom. The van der Waals surface area contributed by atoms with E-state index >= 15 is 0 Å². The molecule has 0 saturated carbocycles. The summed E-state index contributed by atoms with van der Waals surface area (Å²) in [4.78, 5) is 29.0. The molecule has 1 aliphatic heterocycles. The third-order valence-electron chi connectivity index (χ3n) is 5.15. The zero-order valence-corrected chi connectivity index (χ0v) is 16.9. The summed E-state index contributed by atoms with van der Waals surface area (Å²) in [5.41, 5.74) is 4.37. The van der Waals surface area contributed by atoms with Gasteiger partial charge in [0.2, 0.25) is 11.8 Å². The van der Waals surface area contributed by atoms with E-state index in [0.29, 0.717) is 13.1 Å². The van der Waals surface area contributed by atoms with E-state index in [9.17, 15) is 9.59 Å². The number of nitrogens with zero attached hydrogens (tertiary/aromatic N) is 2. The summed E-state index contributed by atoms with van der Waals surface area (Å²) in [5, 5.41) is 2.99. The van der Waals surface area contributed by atoms with Gasteiger partial charge in [-0.15, -0.1) is 0 Å². The molecule has 2 amide bonds. The van der Waals surface area contributed by atoms with Gasteiger partial charge < -0.3 is 15.1 Å². The summed E-state index contributed by atoms with van der Waals surface area (Å²) in [6.07, 6.45) is 1.13. The molecule has 5 nitrogen and oxygen atoms in total. The maximum atomic E-state index is 12.6. The largest absolute Gasteiger partial charge is 0.352 e. The first-order chi connectivity index (χ1) is 13.5. The average Bonchev–Trinajstić information content (AvgIpc) is 3.08. The highest BCUT2D eigenvalue weighted by atomic mass is 16.2. The zero-order chi connectivity index (χ0) is 20.1. The van der Waals surface area contributed by atoms with Crippen molar-refractivity contribution in [3.63, 3.8) is 0 Å². The SMILES string of the molecule is CCc1ccccc1N1CC(C(=O)NCc2ccc(CN(C)C)cc2)CC1=O. The first kappa shape index (κ1) is 20.1. The second-order valence-corrected chi connectivity index (χ2v) is 7.66. The van der Waals surface area contributed by atoms with Crippen molar-refractivity contribution in [2.75, 3.05) is 25.5 Å². The number of para-hydroxylation sites is 1. The first-order valence-corrected chi connectivity index (χ1v) is 9.86. The molecule has 1 atom stereocenters. The lowest BCUT2D eigenvalue weighted by Crippen LogP contribution is -2.32. The molecule has 1 heterocycles. The van der Waals surface area contributed by atoms with E-state index in [-0.39, 0.29) is 24.2 Å². The predicted octanol–water partition coefficient (Wildman–Crippen LogP) is 2.98. The molecule has 28 heavy (non-hydrogen) atoms. The Labute approximate surface area is 167 Å². The molecule has 1 N–H and O–H groups in total. The third kappa shape index (κ3) is 4.78. The Balaban J connectivity index is 1.57. The van der Waals surface area contributed by atoms with Crippen molar-refractivity contribution in [1.29, 1.82) is 0 Å². The van der Waals surface area contributed by atoms with Crippen LogP contribution in [0.1, 0.15) is 30.0 Å². The van der Waals surface area contributed by atoms with Crippen LogP contribution in [0.2, 0.25) is 0 Å². The number of amides is 2. The summed E-state index contributed by atoms with van der Waals surface area (Å²) >= 11 is 0. The highest BCUT2D eigenvalue weighted by molar-refractivity contribution is 6.00. The van der Waals surface area contributed by atoms with Crippen LogP contribution in [0.3, 0.4) is 0 Å². The average molecular weight is 380 g/mol. The number of anilines is 1. The van der Waals surface area contributed by atoms with E-state index in [2.05, 4.69) is 29.3 Å². The molecule has 5 heteroatoms. The molecule has 0 radical (unpaired) electrons. The number of hydrogen-bond donors (Lipinski definition) is 1. The van der Waals surface area contributed by atoms with E-state index < -0.39 is 0 Å². The van der Waals surface area contributed by atoms with Crippen molar-refractivity contribution >= 4 is 17.5 Å². The van der Waals surface area contributed by atoms with E-state index in [1.807, 2.05) is 50.5 Å². The molecule has 1 saturated heterocycles. The Morgan fingerprint density at radius 3 is 2.46 bits per heavy atom. The lowest BCUT2D eigenvalue weighted by Gasteiger charge is -2.20. The van der Waals surface area contributed by atoms with Gasteiger partial charge in [0.1, 0.15) is 0 Å². The molecule has 3 rings (SSSR count). The van der Waals surface area contributed by atoms with Gasteiger partial charge >= 0.3 is 0 Å². The quantitative estimate of drug-likeness (QED) is 0.805. The summed E-state index contributed by atoms with van der Waals surface area (Å²) in [6.45, 7) is 3.90. The fourth-order valence-electron chi connectivity index (χ4n) is 3.65. The summed E-state index contributed by atoms with van der Waals surface area (Å²) < 4.78 is 0. The van der Waals surface area contributed by atoms with Crippen molar-refractivity contribution < 1.29 is 9.59 Å². The van der Waals surface area contributed by atoms with E-state index in [4.69, 9.17) is 0 Å². The van der Waals surface area contributed by atoms with Gasteiger partial charge in [0.15, 0.2) is 0 Å². The number of carbonyl (C=O) groups is 2.